The number of sulfone groups is 1. The zero-order chi connectivity index (χ0) is 23.8. The Morgan fingerprint density at radius 2 is 1.85 bits per heavy atom. The summed E-state index contributed by atoms with van der Waals surface area (Å²) in [5, 5.41) is 21.8. The molecule has 0 aliphatic heterocycles. The molecule has 0 heterocycles. The largest absolute Gasteiger partial charge is 0.507 e. The number of anilines is 1. The lowest BCUT2D eigenvalue weighted by atomic mass is 9.87. The van der Waals surface area contributed by atoms with Gasteiger partial charge in [-0.1, -0.05) is 18.0 Å². The van der Waals surface area contributed by atoms with Gasteiger partial charge in [-0.15, -0.1) is 0 Å². The average Bonchev–Trinajstić information content (AvgIpc) is 3.18. The quantitative estimate of drug-likeness (QED) is 0.467. The maximum Gasteiger partial charge on any atom is 0.312 e. The Bertz CT molecular complexity index is 1220. The molecular formula is C23H24ClNO7S. The van der Waals surface area contributed by atoms with Crippen LogP contribution in [0, 0.1) is 5.92 Å². The van der Waals surface area contributed by atoms with Gasteiger partial charge in [0, 0.05) is 17.3 Å². The van der Waals surface area contributed by atoms with Crippen LogP contribution in [-0.2, 0) is 32.3 Å². The number of carbonyl (C=O) groups excluding carboxylic acids is 1. The highest BCUT2D eigenvalue weighted by Gasteiger charge is 2.29. The zero-order valence-electron chi connectivity index (χ0n) is 17.8. The number of halogens is 1. The molecule has 1 saturated carbocycles. The minimum atomic E-state index is -3.68. The molecule has 0 bridgehead atoms. The molecule has 2 aliphatic carbocycles. The summed E-state index contributed by atoms with van der Waals surface area (Å²) < 4.78 is 31.6. The Hall–Kier alpha value is -2.78. The van der Waals surface area contributed by atoms with Crippen LogP contribution in [0.25, 0.3) is 0 Å². The number of phenols is 1. The van der Waals surface area contributed by atoms with Crippen molar-refractivity contribution in [2.45, 2.75) is 49.8 Å². The van der Waals surface area contributed by atoms with Crippen molar-refractivity contribution in [3.05, 3.63) is 40.4 Å². The van der Waals surface area contributed by atoms with Crippen molar-refractivity contribution in [2.75, 3.05) is 11.1 Å². The van der Waals surface area contributed by atoms with Gasteiger partial charge in [0.1, 0.15) is 28.6 Å². The summed E-state index contributed by atoms with van der Waals surface area (Å²) in [6.45, 7) is 0. The highest BCUT2D eigenvalue weighted by atomic mass is 35.5. The SMILES string of the molecule is O=C(O)CC(=O)Nc1cc(Cl)c(Oc2ccc(O)c(S(=O)(=O)CC3CCC3)c2)c2c1CCC2. The molecule has 2 aliphatic rings. The molecule has 0 aromatic heterocycles. The molecule has 2 aromatic carbocycles. The first-order valence-electron chi connectivity index (χ1n) is 10.7. The summed E-state index contributed by atoms with van der Waals surface area (Å²) in [5.74, 6) is -1.53. The monoisotopic (exact) mass is 493 g/mol. The van der Waals surface area contributed by atoms with E-state index in [1.54, 1.807) is 0 Å². The van der Waals surface area contributed by atoms with Crippen molar-refractivity contribution >= 4 is 39.0 Å². The van der Waals surface area contributed by atoms with Gasteiger partial charge in [-0.05, 0) is 61.8 Å². The highest BCUT2D eigenvalue weighted by Crippen LogP contribution is 2.44. The Labute approximate surface area is 196 Å². The summed E-state index contributed by atoms with van der Waals surface area (Å²) in [6.07, 6.45) is 4.19. The first-order valence-corrected chi connectivity index (χ1v) is 12.8. The molecule has 1 fully saturated rings. The van der Waals surface area contributed by atoms with Crippen molar-refractivity contribution in [2.24, 2.45) is 5.92 Å². The van der Waals surface area contributed by atoms with Crippen LogP contribution >= 0.6 is 11.6 Å². The van der Waals surface area contributed by atoms with Crippen LogP contribution < -0.4 is 10.1 Å². The topological polar surface area (TPSA) is 130 Å². The van der Waals surface area contributed by atoms with Gasteiger partial charge in [0.15, 0.2) is 9.84 Å². The van der Waals surface area contributed by atoms with Gasteiger partial charge in [-0.2, -0.15) is 0 Å². The average molecular weight is 494 g/mol. The number of aromatic hydroxyl groups is 1. The smallest absolute Gasteiger partial charge is 0.312 e. The molecular weight excluding hydrogens is 470 g/mol. The Kier molecular flexibility index (Phi) is 6.54. The second-order valence-corrected chi connectivity index (χ2v) is 10.9. The summed E-state index contributed by atoms with van der Waals surface area (Å²) >= 11 is 6.45. The van der Waals surface area contributed by atoms with E-state index in [-0.39, 0.29) is 33.1 Å². The third-order valence-corrected chi connectivity index (χ3v) is 8.25. The van der Waals surface area contributed by atoms with Crippen molar-refractivity contribution < 1.29 is 33.0 Å². The lowest BCUT2D eigenvalue weighted by Gasteiger charge is -2.25. The molecule has 0 saturated heterocycles. The maximum atomic E-state index is 12.8. The number of carboxylic acids is 1. The van der Waals surface area contributed by atoms with Gasteiger partial charge in [0.2, 0.25) is 5.91 Å². The molecule has 0 spiro atoms. The summed E-state index contributed by atoms with van der Waals surface area (Å²) in [5.41, 5.74) is 2.03. The van der Waals surface area contributed by atoms with Gasteiger partial charge in [-0.3, -0.25) is 9.59 Å². The highest BCUT2D eigenvalue weighted by molar-refractivity contribution is 7.91. The third kappa shape index (κ3) is 5.09. The van der Waals surface area contributed by atoms with Crippen molar-refractivity contribution in [1.82, 2.24) is 0 Å². The molecule has 2 aromatic rings. The molecule has 0 radical (unpaired) electrons. The Balaban J connectivity index is 1.63. The number of aliphatic carboxylic acids is 1. The second-order valence-electron chi connectivity index (χ2n) is 8.47. The Morgan fingerprint density at radius 1 is 1.12 bits per heavy atom. The van der Waals surface area contributed by atoms with E-state index in [4.69, 9.17) is 21.4 Å². The Morgan fingerprint density at radius 3 is 2.52 bits per heavy atom. The van der Waals surface area contributed by atoms with Crippen molar-refractivity contribution in [3.63, 3.8) is 0 Å². The van der Waals surface area contributed by atoms with Crippen molar-refractivity contribution in [3.8, 4) is 17.2 Å². The normalized spacial score (nSPS) is 15.5. The van der Waals surface area contributed by atoms with Crippen LogP contribution in [0.4, 0.5) is 5.69 Å². The number of hydrogen-bond donors (Lipinski definition) is 3. The number of benzene rings is 2. The first-order chi connectivity index (χ1) is 15.6. The summed E-state index contributed by atoms with van der Waals surface area (Å²) in [6, 6.07) is 5.58. The minimum absolute atomic E-state index is 0.00902. The number of hydrogen-bond acceptors (Lipinski definition) is 6. The molecule has 0 unspecified atom stereocenters. The lowest BCUT2D eigenvalue weighted by molar-refractivity contribution is -0.139. The van der Waals surface area contributed by atoms with E-state index >= 15 is 0 Å². The van der Waals surface area contributed by atoms with Gasteiger partial charge in [-0.25, -0.2) is 8.42 Å². The van der Waals surface area contributed by atoms with Gasteiger partial charge in [0.25, 0.3) is 0 Å². The van der Waals surface area contributed by atoms with Gasteiger partial charge in [0.05, 0.1) is 10.8 Å². The number of amides is 1. The van der Waals surface area contributed by atoms with E-state index in [9.17, 15) is 23.1 Å². The lowest BCUT2D eigenvalue weighted by Crippen LogP contribution is -2.22. The fourth-order valence-corrected chi connectivity index (χ4v) is 6.33. The molecule has 10 heteroatoms. The molecule has 1 amide bonds. The van der Waals surface area contributed by atoms with Crippen LogP contribution in [0.1, 0.15) is 43.2 Å². The zero-order valence-corrected chi connectivity index (χ0v) is 19.3. The van der Waals surface area contributed by atoms with E-state index in [1.807, 2.05) is 0 Å². The number of rotatable bonds is 8. The van der Waals surface area contributed by atoms with Gasteiger partial charge < -0.3 is 20.3 Å². The van der Waals surface area contributed by atoms with Crippen molar-refractivity contribution in [1.29, 1.82) is 0 Å². The standard InChI is InChI=1S/C23H24ClNO7S/c24-17-10-18(25-21(27)11-22(28)29)15-5-2-6-16(15)23(17)32-14-7-8-19(26)20(9-14)33(30,31)12-13-3-1-4-13/h7-10,13,26H,1-6,11-12H2,(H,25,27)(H,28,29). The molecule has 176 valence electrons. The number of ether oxygens (including phenoxy) is 1. The predicted octanol–water partition coefficient (Wildman–Crippen LogP) is 4.31. The van der Waals surface area contributed by atoms with E-state index in [0.717, 1.165) is 36.8 Å². The minimum Gasteiger partial charge on any atom is -0.507 e. The fourth-order valence-electron chi connectivity index (χ4n) is 4.25. The number of carboxylic acid groups (broad SMARTS) is 1. The van der Waals surface area contributed by atoms with E-state index in [0.29, 0.717) is 24.3 Å². The second kappa shape index (κ2) is 9.23. The number of fused-ring (bicyclic) bond motifs is 1. The molecule has 8 nitrogen and oxygen atoms in total. The number of phenolic OH excluding ortho intramolecular Hbond substituents is 1. The molecule has 33 heavy (non-hydrogen) atoms. The van der Waals surface area contributed by atoms with Crippen LogP contribution in [0.2, 0.25) is 5.02 Å². The van der Waals surface area contributed by atoms with Crippen LogP contribution in [0.15, 0.2) is 29.2 Å². The molecule has 4 rings (SSSR count). The fraction of sp³-hybridized carbons (Fsp3) is 0.391. The maximum absolute atomic E-state index is 12.8. The van der Waals surface area contributed by atoms with Gasteiger partial charge >= 0.3 is 5.97 Å². The van der Waals surface area contributed by atoms with Crippen LogP contribution in [-0.4, -0.2) is 36.3 Å². The molecule has 3 N–H and O–H groups in total. The predicted molar refractivity (Wildman–Crippen MR) is 122 cm³/mol. The first kappa shape index (κ1) is 23.4. The number of carbonyl (C=O) groups is 2. The summed E-state index contributed by atoms with van der Waals surface area (Å²) in [7, 11) is -3.68. The van der Waals surface area contributed by atoms with E-state index in [1.165, 1.54) is 24.3 Å². The summed E-state index contributed by atoms with van der Waals surface area (Å²) in [4.78, 5) is 22.6. The third-order valence-electron chi connectivity index (χ3n) is 6.06. The van der Waals surface area contributed by atoms with Crippen LogP contribution in [0.3, 0.4) is 0 Å². The van der Waals surface area contributed by atoms with E-state index in [2.05, 4.69) is 5.32 Å². The molecule has 0 atom stereocenters. The van der Waals surface area contributed by atoms with Crippen LogP contribution in [0.5, 0.6) is 17.2 Å². The number of nitrogens with one attached hydrogen (secondary N) is 1. The van der Waals surface area contributed by atoms with E-state index < -0.39 is 28.1 Å².